The minimum atomic E-state index is -0.775. The normalized spacial score (nSPS) is 13.8. The van der Waals surface area contributed by atoms with Gasteiger partial charge in [0.25, 0.3) is 0 Å². The number of carbonyl (C=O) groups is 2. The van der Waals surface area contributed by atoms with Gasteiger partial charge in [-0.2, -0.15) is 0 Å². The Balaban J connectivity index is 1.97. The van der Waals surface area contributed by atoms with Gasteiger partial charge in [0.05, 0.1) is 6.42 Å². The average Bonchev–Trinajstić information content (AvgIpc) is 2.72. The van der Waals surface area contributed by atoms with Crippen molar-refractivity contribution in [2.45, 2.75) is 64.5 Å². The van der Waals surface area contributed by atoms with Gasteiger partial charge in [0.2, 0.25) is 11.8 Å². The third-order valence-electron chi connectivity index (χ3n) is 5.32. The summed E-state index contributed by atoms with van der Waals surface area (Å²) in [6.07, 6.45) is 3.57. The molecule has 3 N–H and O–H groups in total. The van der Waals surface area contributed by atoms with Crippen molar-refractivity contribution in [1.82, 2.24) is 15.6 Å². The van der Waals surface area contributed by atoms with Crippen molar-refractivity contribution >= 4 is 17.6 Å². The summed E-state index contributed by atoms with van der Waals surface area (Å²) in [5.74, 6) is -1.66. The molecule has 0 spiro atoms. The van der Waals surface area contributed by atoms with Crippen LogP contribution < -0.4 is 16.0 Å². The van der Waals surface area contributed by atoms with E-state index in [0.717, 1.165) is 30.2 Å². The topological polar surface area (TPSA) is 83.1 Å². The van der Waals surface area contributed by atoms with Gasteiger partial charge in [-0.05, 0) is 62.1 Å². The highest BCUT2D eigenvalue weighted by atomic mass is 19.1. The standard InChI is InChI=1S/C24H32F2N4O2/c1-5-6-21(29-23(31)12-17-10-19(25)13-20(26)11-17)24(32)30-22-8-7-18(14-28-22)15(2)9-16(3)27-4/h7-8,10-11,13-16,21,27H,5-6,9,12H2,1-4H3,(H,29,31)(H,28,30,32). The Labute approximate surface area is 188 Å². The zero-order valence-corrected chi connectivity index (χ0v) is 19.0. The molecular weight excluding hydrogens is 414 g/mol. The number of hydrogen-bond donors (Lipinski definition) is 3. The van der Waals surface area contributed by atoms with Crippen LogP contribution in [0.3, 0.4) is 0 Å². The van der Waals surface area contributed by atoms with Crippen molar-refractivity contribution < 1.29 is 18.4 Å². The predicted molar refractivity (Wildman–Crippen MR) is 121 cm³/mol. The molecule has 0 aliphatic heterocycles. The van der Waals surface area contributed by atoms with E-state index in [-0.39, 0.29) is 17.9 Å². The second-order valence-corrected chi connectivity index (χ2v) is 8.16. The van der Waals surface area contributed by atoms with Gasteiger partial charge in [-0.15, -0.1) is 0 Å². The summed E-state index contributed by atoms with van der Waals surface area (Å²) >= 11 is 0. The number of rotatable bonds is 11. The van der Waals surface area contributed by atoms with Crippen molar-refractivity contribution in [3.8, 4) is 0 Å². The summed E-state index contributed by atoms with van der Waals surface area (Å²) in [5.41, 5.74) is 1.28. The Hall–Kier alpha value is -2.87. The fourth-order valence-electron chi connectivity index (χ4n) is 3.47. The minimum Gasteiger partial charge on any atom is -0.344 e. The number of carbonyl (C=O) groups excluding carboxylic acids is 2. The summed E-state index contributed by atoms with van der Waals surface area (Å²) in [4.78, 5) is 29.4. The molecule has 0 fully saturated rings. The SMILES string of the molecule is CCCC(NC(=O)Cc1cc(F)cc(F)c1)C(=O)Nc1ccc(C(C)CC(C)NC)cn1. The fraction of sp³-hybridized carbons (Fsp3) is 0.458. The first-order chi connectivity index (χ1) is 15.2. The molecule has 2 aromatic rings. The highest BCUT2D eigenvalue weighted by Gasteiger charge is 2.21. The van der Waals surface area contributed by atoms with Crippen molar-refractivity contribution in [2.75, 3.05) is 12.4 Å². The van der Waals surface area contributed by atoms with Crippen molar-refractivity contribution in [2.24, 2.45) is 0 Å². The van der Waals surface area contributed by atoms with Crippen LogP contribution in [0.25, 0.3) is 0 Å². The maximum absolute atomic E-state index is 13.3. The van der Waals surface area contributed by atoms with Gasteiger partial charge in [0.1, 0.15) is 23.5 Å². The van der Waals surface area contributed by atoms with Crippen LogP contribution in [0.4, 0.5) is 14.6 Å². The molecule has 0 saturated carbocycles. The third kappa shape index (κ3) is 8.00. The number of benzene rings is 1. The molecular formula is C24H32F2N4O2. The average molecular weight is 447 g/mol. The van der Waals surface area contributed by atoms with Gasteiger partial charge < -0.3 is 16.0 Å². The number of anilines is 1. The number of halogens is 2. The molecule has 1 aromatic carbocycles. The van der Waals surface area contributed by atoms with E-state index in [4.69, 9.17) is 0 Å². The van der Waals surface area contributed by atoms with Crippen LogP contribution in [-0.4, -0.2) is 35.9 Å². The molecule has 1 aromatic heterocycles. The van der Waals surface area contributed by atoms with E-state index in [2.05, 4.69) is 34.8 Å². The number of amides is 2. The molecule has 2 rings (SSSR count). The molecule has 0 aliphatic carbocycles. The van der Waals surface area contributed by atoms with Crippen LogP contribution in [0.1, 0.15) is 57.1 Å². The Bertz CT molecular complexity index is 885. The molecule has 8 heteroatoms. The van der Waals surface area contributed by atoms with Gasteiger partial charge >= 0.3 is 0 Å². The van der Waals surface area contributed by atoms with E-state index in [9.17, 15) is 18.4 Å². The lowest BCUT2D eigenvalue weighted by Gasteiger charge is -2.19. The van der Waals surface area contributed by atoms with Crippen LogP contribution >= 0.6 is 0 Å². The Morgan fingerprint density at radius 3 is 2.34 bits per heavy atom. The number of pyridine rings is 1. The lowest BCUT2D eigenvalue weighted by Crippen LogP contribution is -2.44. The predicted octanol–water partition coefficient (Wildman–Crippen LogP) is 3.93. The second kappa shape index (κ2) is 12.2. The van der Waals surface area contributed by atoms with Gasteiger partial charge in [-0.25, -0.2) is 13.8 Å². The van der Waals surface area contributed by atoms with Crippen LogP contribution in [0.5, 0.6) is 0 Å². The fourth-order valence-corrected chi connectivity index (χ4v) is 3.47. The number of hydrogen-bond acceptors (Lipinski definition) is 4. The van der Waals surface area contributed by atoms with E-state index in [1.807, 2.05) is 20.0 Å². The molecule has 3 atom stereocenters. The summed E-state index contributed by atoms with van der Waals surface area (Å²) < 4.78 is 26.7. The molecule has 32 heavy (non-hydrogen) atoms. The van der Waals surface area contributed by atoms with Crippen LogP contribution in [-0.2, 0) is 16.0 Å². The quantitative estimate of drug-likeness (QED) is 0.489. The van der Waals surface area contributed by atoms with E-state index >= 15 is 0 Å². The molecule has 6 nitrogen and oxygen atoms in total. The first kappa shape index (κ1) is 25.4. The first-order valence-corrected chi connectivity index (χ1v) is 10.9. The molecule has 0 bridgehead atoms. The van der Waals surface area contributed by atoms with E-state index < -0.39 is 23.6 Å². The molecule has 2 amide bonds. The third-order valence-corrected chi connectivity index (χ3v) is 5.32. The summed E-state index contributed by atoms with van der Waals surface area (Å²) in [7, 11) is 1.93. The van der Waals surface area contributed by atoms with Gasteiger partial charge in [-0.1, -0.05) is 26.3 Å². The summed E-state index contributed by atoms with van der Waals surface area (Å²) in [6.45, 7) is 6.14. The number of aromatic nitrogens is 1. The lowest BCUT2D eigenvalue weighted by atomic mass is 9.96. The zero-order chi connectivity index (χ0) is 23.7. The zero-order valence-electron chi connectivity index (χ0n) is 19.0. The number of nitrogens with zero attached hydrogens (tertiary/aromatic N) is 1. The summed E-state index contributed by atoms with van der Waals surface area (Å²) in [6, 6.07) is 6.22. The number of nitrogens with one attached hydrogen (secondary N) is 3. The van der Waals surface area contributed by atoms with Crippen molar-refractivity contribution in [3.63, 3.8) is 0 Å². The Morgan fingerprint density at radius 1 is 1.09 bits per heavy atom. The summed E-state index contributed by atoms with van der Waals surface area (Å²) in [5, 5.41) is 8.60. The van der Waals surface area contributed by atoms with E-state index in [0.29, 0.717) is 30.6 Å². The highest BCUT2D eigenvalue weighted by molar-refractivity contribution is 5.96. The largest absolute Gasteiger partial charge is 0.344 e. The molecule has 1 heterocycles. The highest BCUT2D eigenvalue weighted by Crippen LogP contribution is 2.21. The lowest BCUT2D eigenvalue weighted by molar-refractivity contribution is -0.126. The maximum atomic E-state index is 13.3. The molecule has 174 valence electrons. The molecule has 0 aliphatic rings. The second-order valence-electron chi connectivity index (χ2n) is 8.16. The van der Waals surface area contributed by atoms with Crippen LogP contribution in [0.15, 0.2) is 36.5 Å². The van der Waals surface area contributed by atoms with Crippen molar-refractivity contribution in [3.05, 3.63) is 59.3 Å². The molecule has 0 radical (unpaired) electrons. The van der Waals surface area contributed by atoms with Crippen LogP contribution in [0, 0.1) is 11.6 Å². The van der Waals surface area contributed by atoms with Crippen LogP contribution in [0.2, 0.25) is 0 Å². The van der Waals surface area contributed by atoms with E-state index in [1.54, 1.807) is 12.3 Å². The first-order valence-electron chi connectivity index (χ1n) is 10.9. The van der Waals surface area contributed by atoms with Crippen molar-refractivity contribution in [1.29, 1.82) is 0 Å². The van der Waals surface area contributed by atoms with Gasteiger partial charge in [0, 0.05) is 18.3 Å². The van der Waals surface area contributed by atoms with Gasteiger partial charge in [-0.3, -0.25) is 9.59 Å². The molecule has 3 unspecified atom stereocenters. The van der Waals surface area contributed by atoms with Gasteiger partial charge in [0.15, 0.2) is 0 Å². The Kier molecular flexibility index (Phi) is 9.71. The smallest absolute Gasteiger partial charge is 0.248 e. The minimum absolute atomic E-state index is 0.203. The van der Waals surface area contributed by atoms with E-state index in [1.165, 1.54) is 0 Å². The molecule has 0 saturated heterocycles. The maximum Gasteiger partial charge on any atom is 0.248 e. The Morgan fingerprint density at radius 2 is 1.78 bits per heavy atom. The monoisotopic (exact) mass is 446 g/mol.